The molecule has 0 aliphatic carbocycles. The zero-order valence-electron chi connectivity index (χ0n) is 12.9. The van der Waals surface area contributed by atoms with Gasteiger partial charge in [-0.1, -0.05) is 29.0 Å². The number of allylic oxidation sites excluding steroid dienone is 1. The summed E-state index contributed by atoms with van der Waals surface area (Å²) in [7, 11) is 0. The Morgan fingerprint density at radius 1 is 1.36 bits per heavy atom. The summed E-state index contributed by atoms with van der Waals surface area (Å²) in [5.74, 6) is 0.667. The van der Waals surface area contributed by atoms with Crippen molar-refractivity contribution in [2.75, 3.05) is 11.9 Å². The highest BCUT2D eigenvalue weighted by Gasteiger charge is 2.07. The molecule has 0 radical (unpaired) electrons. The van der Waals surface area contributed by atoms with E-state index in [0.29, 0.717) is 18.2 Å². The largest absolute Gasteiger partial charge is 0.493 e. The Hall–Kier alpha value is -2.21. The first-order chi connectivity index (χ1) is 10.5. The summed E-state index contributed by atoms with van der Waals surface area (Å²) >= 11 is 1.36. The molecule has 0 saturated carbocycles. The molecule has 0 spiro atoms. The van der Waals surface area contributed by atoms with Crippen molar-refractivity contribution < 1.29 is 9.53 Å². The lowest BCUT2D eigenvalue weighted by atomic mass is 10.2. The normalized spacial score (nSPS) is 10.1. The van der Waals surface area contributed by atoms with Gasteiger partial charge in [0.05, 0.1) is 6.61 Å². The minimum absolute atomic E-state index is 0.182. The molecule has 0 fully saturated rings. The van der Waals surface area contributed by atoms with E-state index in [1.54, 1.807) is 0 Å². The molecule has 1 aromatic heterocycles. The average molecular weight is 317 g/mol. The summed E-state index contributed by atoms with van der Waals surface area (Å²) in [6.45, 7) is 6.29. The molecular weight excluding hydrogens is 298 g/mol. The maximum atomic E-state index is 11.6. The number of carbonyl (C=O) groups excluding carboxylic acids is 1. The molecule has 1 N–H and O–H groups in total. The Bertz CT molecular complexity index is 676. The molecule has 1 amide bonds. The van der Waals surface area contributed by atoms with E-state index in [0.717, 1.165) is 21.9 Å². The number of ether oxygens (including phenoxy) is 1. The molecule has 1 aromatic carbocycles. The topological polar surface area (TPSA) is 64.1 Å². The number of amides is 1. The molecule has 116 valence electrons. The van der Waals surface area contributed by atoms with Gasteiger partial charge in [-0.05, 0) is 38.5 Å². The van der Waals surface area contributed by atoms with Crippen molar-refractivity contribution in [1.29, 1.82) is 0 Å². The molecule has 0 atom stereocenters. The van der Waals surface area contributed by atoms with Crippen LogP contribution >= 0.6 is 11.3 Å². The van der Waals surface area contributed by atoms with E-state index in [9.17, 15) is 4.79 Å². The van der Waals surface area contributed by atoms with Crippen LogP contribution in [0.3, 0.4) is 0 Å². The van der Waals surface area contributed by atoms with Crippen molar-refractivity contribution in [3.63, 3.8) is 0 Å². The molecule has 1 heterocycles. The Morgan fingerprint density at radius 2 is 2.18 bits per heavy atom. The zero-order valence-corrected chi connectivity index (χ0v) is 13.7. The van der Waals surface area contributed by atoms with Crippen molar-refractivity contribution in [1.82, 2.24) is 10.2 Å². The van der Waals surface area contributed by atoms with Crippen molar-refractivity contribution >= 4 is 22.4 Å². The van der Waals surface area contributed by atoms with E-state index in [1.165, 1.54) is 17.4 Å². The number of carbonyl (C=O) groups is 1. The third kappa shape index (κ3) is 5.29. The van der Waals surface area contributed by atoms with Crippen molar-refractivity contribution in [3.05, 3.63) is 46.5 Å². The summed E-state index contributed by atoms with van der Waals surface area (Å²) in [5.41, 5.74) is 2.10. The first kappa shape index (κ1) is 16.2. The molecule has 2 rings (SSSR count). The van der Waals surface area contributed by atoms with Crippen LogP contribution < -0.4 is 10.1 Å². The van der Waals surface area contributed by atoms with Crippen molar-refractivity contribution in [3.8, 4) is 5.75 Å². The number of nitrogens with zero attached hydrogens (tertiary/aromatic N) is 2. The van der Waals surface area contributed by atoms with Crippen LogP contribution in [0.2, 0.25) is 0 Å². The molecule has 0 bridgehead atoms. The third-order valence-corrected chi connectivity index (χ3v) is 3.59. The van der Waals surface area contributed by atoms with Crippen molar-refractivity contribution in [2.24, 2.45) is 0 Å². The fourth-order valence-electron chi connectivity index (χ4n) is 1.77. The van der Waals surface area contributed by atoms with E-state index in [2.05, 4.69) is 15.5 Å². The molecule has 0 aliphatic rings. The van der Waals surface area contributed by atoms with E-state index < -0.39 is 0 Å². The van der Waals surface area contributed by atoms with Gasteiger partial charge < -0.3 is 4.74 Å². The Kier molecular flexibility index (Phi) is 5.66. The molecular formula is C16H19N3O2S. The highest BCUT2D eigenvalue weighted by molar-refractivity contribution is 7.15. The van der Waals surface area contributed by atoms with Crippen LogP contribution in [-0.4, -0.2) is 22.7 Å². The Balaban J connectivity index is 1.82. The first-order valence-corrected chi connectivity index (χ1v) is 7.82. The zero-order chi connectivity index (χ0) is 15.9. The fourth-order valence-corrected chi connectivity index (χ4v) is 2.49. The number of nitrogens with one attached hydrogen (secondary N) is 1. The maximum Gasteiger partial charge on any atom is 0.250 e. The number of hydrogen-bond acceptors (Lipinski definition) is 5. The van der Waals surface area contributed by atoms with E-state index in [1.807, 2.05) is 45.0 Å². The Labute approximate surface area is 134 Å². The SMILES string of the molecule is CC(C)=CC(=O)Nc1nnc(CCOc2cccc(C)c2)s1. The molecule has 2 aromatic rings. The highest BCUT2D eigenvalue weighted by atomic mass is 32.1. The van der Waals surface area contributed by atoms with Crippen LogP contribution in [-0.2, 0) is 11.2 Å². The van der Waals surface area contributed by atoms with Crippen LogP contribution in [0.25, 0.3) is 0 Å². The van der Waals surface area contributed by atoms with E-state index in [4.69, 9.17) is 4.74 Å². The molecule has 22 heavy (non-hydrogen) atoms. The number of aromatic nitrogens is 2. The van der Waals surface area contributed by atoms with Crippen LogP contribution in [0.1, 0.15) is 24.4 Å². The number of hydrogen-bond donors (Lipinski definition) is 1. The number of benzene rings is 1. The van der Waals surface area contributed by atoms with Gasteiger partial charge in [-0.25, -0.2) is 0 Å². The van der Waals surface area contributed by atoms with Gasteiger partial charge in [0.15, 0.2) is 0 Å². The van der Waals surface area contributed by atoms with Gasteiger partial charge in [0.25, 0.3) is 0 Å². The highest BCUT2D eigenvalue weighted by Crippen LogP contribution is 2.17. The summed E-state index contributed by atoms with van der Waals surface area (Å²) in [6, 6.07) is 7.91. The molecule has 5 nitrogen and oxygen atoms in total. The van der Waals surface area contributed by atoms with E-state index in [-0.39, 0.29) is 5.91 Å². The quantitative estimate of drug-likeness (QED) is 0.830. The number of aryl methyl sites for hydroxylation is 1. The second-order valence-corrected chi connectivity index (χ2v) is 6.19. The fraction of sp³-hybridized carbons (Fsp3) is 0.312. The molecule has 0 unspecified atom stereocenters. The predicted octanol–water partition coefficient (Wildman–Crippen LogP) is 3.37. The summed E-state index contributed by atoms with van der Waals surface area (Å²) < 4.78 is 5.68. The van der Waals surface area contributed by atoms with Gasteiger partial charge in [-0.2, -0.15) is 0 Å². The third-order valence-electron chi connectivity index (χ3n) is 2.69. The number of anilines is 1. The standard InChI is InChI=1S/C16H19N3O2S/c1-11(2)9-14(20)17-16-19-18-15(22-16)7-8-21-13-6-4-5-12(3)10-13/h4-6,9-10H,7-8H2,1-3H3,(H,17,19,20). The summed E-state index contributed by atoms with van der Waals surface area (Å²) in [6.07, 6.45) is 2.19. The first-order valence-electron chi connectivity index (χ1n) is 7.00. The molecule has 0 saturated heterocycles. The molecule has 6 heteroatoms. The Morgan fingerprint density at radius 3 is 2.91 bits per heavy atom. The van der Waals surface area contributed by atoms with E-state index >= 15 is 0 Å². The maximum absolute atomic E-state index is 11.6. The monoisotopic (exact) mass is 317 g/mol. The van der Waals surface area contributed by atoms with Crippen LogP contribution in [0.5, 0.6) is 5.75 Å². The second-order valence-electron chi connectivity index (χ2n) is 5.13. The smallest absolute Gasteiger partial charge is 0.250 e. The lowest BCUT2D eigenvalue weighted by molar-refractivity contribution is -0.111. The minimum Gasteiger partial charge on any atom is -0.493 e. The van der Waals surface area contributed by atoms with Gasteiger partial charge in [-0.15, -0.1) is 10.2 Å². The van der Waals surface area contributed by atoms with Crippen LogP contribution in [0.4, 0.5) is 5.13 Å². The number of rotatable bonds is 6. The van der Waals surface area contributed by atoms with Gasteiger partial charge >= 0.3 is 0 Å². The van der Waals surface area contributed by atoms with Crippen LogP contribution in [0, 0.1) is 6.92 Å². The lowest BCUT2D eigenvalue weighted by Gasteiger charge is -2.04. The average Bonchev–Trinajstić information content (AvgIpc) is 2.85. The van der Waals surface area contributed by atoms with Crippen LogP contribution in [0.15, 0.2) is 35.9 Å². The van der Waals surface area contributed by atoms with Gasteiger partial charge in [0, 0.05) is 12.5 Å². The van der Waals surface area contributed by atoms with Gasteiger partial charge in [0.1, 0.15) is 10.8 Å². The predicted molar refractivity (Wildman–Crippen MR) is 88.3 cm³/mol. The second kappa shape index (κ2) is 7.70. The minimum atomic E-state index is -0.182. The van der Waals surface area contributed by atoms with Gasteiger partial charge in [-0.3, -0.25) is 10.1 Å². The molecule has 0 aliphatic heterocycles. The summed E-state index contributed by atoms with van der Waals surface area (Å²) in [5, 5.41) is 12.0. The summed E-state index contributed by atoms with van der Waals surface area (Å²) in [4.78, 5) is 11.6. The lowest BCUT2D eigenvalue weighted by Crippen LogP contribution is -2.07. The van der Waals surface area contributed by atoms with Crippen molar-refractivity contribution in [2.45, 2.75) is 27.2 Å². The van der Waals surface area contributed by atoms with Gasteiger partial charge in [0.2, 0.25) is 11.0 Å².